The van der Waals surface area contributed by atoms with Crippen LogP contribution in [0, 0.1) is 22.2 Å². The Morgan fingerprint density at radius 2 is 0.651 bits per heavy atom. The maximum atomic E-state index is 10.9. The number of aliphatic hydroxyl groups is 7. The van der Waals surface area contributed by atoms with Gasteiger partial charge in [0.2, 0.25) is 0 Å². The molecule has 1 aliphatic rings. The third-order valence-corrected chi connectivity index (χ3v) is 11.4. The molecule has 1 aliphatic carbocycles. The lowest BCUT2D eigenvalue weighted by Crippen LogP contribution is -2.66. The zero-order chi connectivity index (χ0) is 31.7. The van der Waals surface area contributed by atoms with Gasteiger partial charge in [-0.15, -0.1) is 0 Å². The molecule has 1 fully saturated rings. The Balaban J connectivity index is 2.99. The normalized spacial score (nSPS) is 25.6. The molecule has 7 heteroatoms. The molecule has 0 amide bonds. The van der Waals surface area contributed by atoms with Crippen LogP contribution in [0.15, 0.2) is 0 Å². The van der Waals surface area contributed by atoms with E-state index in [1.807, 2.05) is 0 Å². The molecule has 1 unspecified atom stereocenters. The summed E-state index contributed by atoms with van der Waals surface area (Å²) in [6.45, 7) is -3.70. The number of hydrogen-bond donors (Lipinski definition) is 7. The van der Waals surface area contributed by atoms with Crippen LogP contribution >= 0.6 is 0 Å². The molecule has 1 rings (SSSR count). The van der Waals surface area contributed by atoms with Crippen molar-refractivity contribution >= 4 is 0 Å². The zero-order valence-electron chi connectivity index (χ0n) is 27.8. The van der Waals surface area contributed by atoms with Gasteiger partial charge in [0.25, 0.3) is 0 Å². The maximum Gasteiger partial charge on any atom is 0.0523 e. The van der Waals surface area contributed by atoms with Gasteiger partial charge >= 0.3 is 0 Å². The number of hydrogen-bond acceptors (Lipinski definition) is 7. The molecule has 0 aliphatic heterocycles. The van der Waals surface area contributed by atoms with Gasteiger partial charge in [-0.3, -0.25) is 0 Å². The van der Waals surface area contributed by atoms with Crippen LogP contribution < -0.4 is 0 Å². The third kappa shape index (κ3) is 12.4. The van der Waals surface area contributed by atoms with Gasteiger partial charge in [0.1, 0.15) is 0 Å². The van der Waals surface area contributed by atoms with Crippen LogP contribution in [0.1, 0.15) is 161 Å². The van der Waals surface area contributed by atoms with E-state index < -0.39 is 61.8 Å². The molecule has 0 spiro atoms. The van der Waals surface area contributed by atoms with Gasteiger partial charge in [-0.05, 0) is 18.8 Å². The van der Waals surface area contributed by atoms with Gasteiger partial charge in [0.15, 0.2) is 0 Å². The van der Waals surface area contributed by atoms with Gasteiger partial charge < -0.3 is 35.7 Å². The fraction of sp³-hybridized carbons (Fsp3) is 1.00. The van der Waals surface area contributed by atoms with E-state index in [-0.39, 0.29) is 6.61 Å². The van der Waals surface area contributed by atoms with Gasteiger partial charge in [-0.1, -0.05) is 148 Å². The zero-order valence-corrected chi connectivity index (χ0v) is 27.8. The summed E-state index contributed by atoms with van der Waals surface area (Å²) in [4.78, 5) is 0. The van der Waals surface area contributed by atoms with Gasteiger partial charge in [0, 0.05) is 22.9 Å². The molecule has 0 radical (unpaired) electrons. The van der Waals surface area contributed by atoms with E-state index in [1.54, 1.807) is 0 Å². The van der Waals surface area contributed by atoms with Crippen LogP contribution in [0.5, 0.6) is 0 Å². The van der Waals surface area contributed by atoms with Crippen molar-refractivity contribution in [2.75, 3.05) is 46.2 Å². The highest BCUT2D eigenvalue weighted by Crippen LogP contribution is 2.57. The quantitative estimate of drug-likeness (QED) is 0.179. The van der Waals surface area contributed by atoms with Crippen molar-refractivity contribution in [3.63, 3.8) is 0 Å². The fourth-order valence-electron chi connectivity index (χ4n) is 8.09. The van der Waals surface area contributed by atoms with Crippen molar-refractivity contribution in [2.24, 2.45) is 22.2 Å². The molecule has 0 aromatic carbocycles. The molecular weight excluding hydrogens is 544 g/mol. The first-order valence-corrected chi connectivity index (χ1v) is 18.3. The lowest BCUT2D eigenvalue weighted by atomic mass is 9.46. The fourth-order valence-corrected chi connectivity index (χ4v) is 8.09. The first-order chi connectivity index (χ1) is 21.0. The highest BCUT2D eigenvalue weighted by molar-refractivity contribution is 5.10. The van der Waals surface area contributed by atoms with Crippen LogP contribution in [-0.2, 0) is 0 Å². The molecule has 0 aromatic heterocycles. The molecule has 7 N–H and O–H groups in total. The van der Waals surface area contributed by atoms with Crippen molar-refractivity contribution in [1.29, 1.82) is 0 Å². The van der Waals surface area contributed by atoms with E-state index in [1.165, 1.54) is 103 Å². The second kappa shape index (κ2) is 24.9. The molecule has 43 heavy (non-hydrogen) atoms. The first-order valence-electron chi connectivity index (χ1n) is 18.3. The second-order valence-electron chi connectivity index (χ2n) is 14.0. The second-order valence-corrected chi connectivity index (χ2v) is 14.0. The van der Waals surface area contributed by atoms with Gasteiger partial charge in [-0.25, -0.2) is 0 Å². The Morgan fingerprint density at radius 1 is 0.349 bits per heavy atom. The van der Waals surface area contributed by atoms with Crippen LogP contribution in [0.4, 0.5) is 0 Å². The highest BCUT2D eigenvalue weighted by Gasteiger charge is 2.63. The van der Waals surface area contributed by atoms with Crippen LogP contribution in [-0.4, -0.2) is 82.0 Å². The van der Waals surface area contributed by atoms with E-state index in [9.17, 15) is 35.7 Å². The van der Waals surface area contributed by atoms with E-state index in [0.717, 1.165) is 38.5 Å². The minimum Gasteiger partial charge on any atom is -0.396 e. The first kappa shape index (κ1) is 40.7. The molecule has 1 saturated carbocycles. The molecule has 1 atom stereocenters. The van der Waals surface area contributed by atoms with Crippen molar-refractivity contribution in [3.8, 4) is 0 Å². The largest absolute Gasteiger partial charge is 0.396 e. The van der Waals surface area contributed by atoms with E-state index in [4.69, 9.17) is 0 Å². The monoisotopic (exact) mass is 617 g/mol. The molecular formula is C36H72O7. The summed E-state index contributed by atoms with van der Waals surface area (Å²) in [5, 5.41) is 75.2. The predicted octanol–water partition coefficient (Wildman–Crippen LogP) is 6.27. The summed E-state index contributed by atoms with van der Waals surface area (Å²) >= 11 is 0. The number of rotatable bonds is 7. The Bertz CT molecular complexity index is 617. The molecule has 0 heterocycles. The van der Waals surface area contributed by atoms with Crippen molar-refractivity contribution in [3.05, 3.63) is 0 Å². The van der Waals surface area contributed by atoms with Crippen molar-refractivity contribution in [2.45, 2.75) is 161 Å². The Hall–Kier alpha value is -0.280. The smallest absolute Gasteiger partial charge is 0.0523 e. The standard InChI is InChI=1S/C36H72O7/c37-26-33-24-22-20-18-16-14-12-10-8-6-4-2-1-3-5-7-9-11-13-15-17-19-21-23-25-34(27-38,28-39)36(31-42,32-43)35(33,29-40)30-41/h33,37-43H,1-32H2. The average Bonchev–Trinajstić information content (AvgIpc) is 3.04. The van der Waals surface area contributed by atoms with E-state index in [2.05, 4.69) is 0 Å². The van der Waals surface area contributed by atoms with E-state index in [0.29, 0.717) is 19.3 Å². The Kier molecular flexibility index (Phi) is 23.6. The minimum absolute atomic E-state index is 0.324. The SMILES string of the molecule is OCC1CCCCCCCCCCCCCCCCCCCCCCCCCC(CO)(CO)C(CO)(CO)C1(CO)CO. The van der Waals surface area contributed by atoms with Gasteiger partial charge in [-0.2, -0.15) is 0 Å². The van der Waals surface area contributed by atoms with Crippen LogP contribution in [0.25, 0.3) is 0 Å². The highest BCUT2D eigenvalue weighted by atomic mass is 16.3. The molecule has 0 aromatic rings. The minimum atomic E-state index is -1.58. The molecule has 258 valence electrons. The Morgan fingerprint density at radius 3 is 0.907 bits per heavy atom. The predicted molar refractivity (Wildman–Crippen MR) is 176 cm³/mol. The van der Waals surface area contributed by atoms with Gasteiger partial charge in [0.05, 0.1) is 39.6 Å². The summed E-state index contributed by atoms with van der Waals surface area (Å²) in [7, 11) is 0. The average molecular weight is 617 g/mol. The van der Waals surface area contributed by atoms with Crippen molar-refractivity contribution in [1.82, 2.24) is 0 Å². The summed E-state index contributed by atoms with van der Waals surface area (Å²) in [5.74, 6) is -0.602. The molecule has 0 saturated heterocycles. The van der Waals surface area contributed by atoms with E-state index >= 15 is 0 Å². The summed E-state index contributed by atoms with van der Waals surface area (Å²) in [6.07, 6.45) is 28.5. The summed E-state index contributed by atoms with van der Waals surface area (Å²) in [5.41, 5.74) is -4.38. The van der Waals surface area contributed by atoms with Crippen LogP contribution in [0.2, 0.25) is 0 Å². The third-order valence-electron chi connectivity index (χ3n) is 11.4. The van der Waals surface area contributed by atoms with Crippen LogP contribution in [0.3, 0.4) is 0 Å². The Labute approximate surface area is 264 Å². The molecule has 7 nitrogen and oxygen atoms in total. The lowest BCUT2D eigenvalue weighted by molar-refractivity contribution is -0.234. The lowest BCUT2D eigenvalue weighted by Gasteiger charge is -2.59. The maximum absolute atomic E-state index is 10.9. The molecule has 0 bridgehead atoms. The summed E-state index contributed by atoms with van der Waals surface area (Å²) in [6, 6.07) is 0. The summed E-state index contributed by atoms with van der Waals surface area (Å²) < 4.78 is 0. The number of aliphatic hydroxyl groups excluding tert-OH is 7. The topological polar surface area (TPSA) is 142 Å². The van der Waals surface area contributed by atoms with Crippen molar-refractivity contribution < 1.29 is 35.7 Å².